The van der Waals surface area contributed by atoms with Crippen LogP contribution in [-0.2, 0) is 13.6 Å². The topological polar surface area (TPSA) is 33.1 Å². The van der Waals surface area contributed by atoms with Gasteiger partial charge in [0.2, 0.25) is 0 Å². The van der Waals surface area contributed by atoms with E-state index >= 15 is 0 Å². The third-order valence-electron chi connectivity index (χ3n) is 4.23. The molecule has 1 aromatic heterocycles. The van der Waals surface area contributed by atoms with Crippen LogP contribution in [0.5, 0.6) is 0 Å². The Morgan fingerprint density at radius 2 is 2.14 bits per heavy atom. The molecule has 2 aromatic rings. The van der Waals surface area contributed by atoms with Gasteiger partial charge in [0, 0.05) is 50.5 Å². The summed E-state index contributed by atoms with van der Waals surface area (Å²) in [5.74, 6) is 0. The molecule has 4 nitrogen and oxygen atoms in total. The third-order valence-corrected chi connectivity index (χ3v) is 4.23. The van der Waals surface area contributed by atoms with Gasteiger partial charge in [-0.1, -0.05) is 30.3 Å². The molecule has 1 fully saturated rings. The van der Waals surface area contributed by atoms with Crippen LogP contribution in [0.4, 0.5) is 0 Å². The van der Waals surface area contributed by atoms with Crippen LogP contribution < -0.4 is 5.32 Å². The maximum absolute atomic E-state index is 4.25. The van der Waals surface area contributed by atoms with E-state index in [9.17, 15) is 0 Å². The average molecular weight is 284 g/mol. The van der Waals surface area contributed by atoms with Crippen molar-refractivity contribution in [3.8, 4) is 0 Å². The maximum Gasteiger partial charge on any atom is 0.0537 e. The van der Waals surface area contributed by atoms with E-state index in [1.165, 1.54) is 24.1 Å². The standard InChI is InChI=1S/C17H24N4/c1-14(16-10-18-20(2)12-16)19-17-8-9-21(13-17)11-15-6-4-3-5-7-15/h3-7,10,12,14,17,19H,8-9,11,13H2,1-2H3. The van der Waals surface area contributed by atoms with Crippen LogP contribution in [0.2, 0.25) is 0 Å². The molecule has 0 spiro atoms. The predicted molar refractivity (Wildman–Crippen MR) is 84.9 cm³/mol. The maximum atomic E-state index is 4.25. The first-order valence-corrected chi connectivity index (χ1v) is 7.71. The van der Waals surface area contributed by atoms with Crippen LogP contribution in [0.25, 0.3) is 0 Å². The van der Waals surface area contributed by atoms with E-state index in [-0.39, 0.29) is 0 Å². The summed E-state index contributed by atoms with van der Waals surface area (Å²) in [5, 5.41) is 7.98. The van der Waals surface area contributed by atoms with Crippen molar-refractivity contribution in [3.05, 3.63) is 53.9 Å². The molecular weight excluding hydrogens is 260 g/mol. The van der Waals surface area contributed by atoms with Gasteiger partial charge in [-0.2, -0.15) is 5.10 Å². The van der Waals surface area contributed by atoms with E-state index in [0.29, 0.717) is 12.1 Å². The number of likely N-dealkylation sites (tertiary alicyclic amines) is 1. The van der Waals surface area contributed by atoms with Gasteiger partial charge in [-0.25, -0.2) is 0 Å². The summed E-state index contributed by atoms with van der Waals surface area (Å²) in [7, 11) is 1.97. The summed E-state index contributed by atoms with van der Waals surface area (Å²) in [5.41, 5.74) is 2.66. The Balaban J connectivity index is 1.50. The molecule has 112 valence electrons. The summed E-state index contributed by atoms with van der Waals surface area (Å²) < 4.78 is 1.86. The molecule has 1 N–H and O–H groups in total. The van der Waals surface area contributed by atoms with Crippen LogP contribution in [0.15, 0.2) is 42.7 Å². The minimum Gasteiger partial charge on any atom is -0.306 e. The van der Waals surface area contributed by atoms with Crippen molar-refractivity contribution in [2.24, 2.45) is 7.05 Å². The van der Waals surface area contributed by atoms with Crippen LogP contribution in [0, 0.1) is 0 Å². The lowest BCUT2D eigenvalue weighted by Crippen LogP contribution is -2.34. The van der Waals surface area contributed by atoms with Crippen LogP contribution in [-0.4, -0.2) is 33.8 Å². The molecule has 0 saturated carbocycles. The smallest absolute Gasteiger partial charge is 0.0537 e. The summed E-state index contributed by atoms with van der Waals surface area (Å²) in [4.78, 5) is 2.53. The van der Waals surface area contributed by atoms with Crippen molar-refractivity contribution in [1.29, 1.82) is 0 Å². The molecule has 4 heteroatoms. The van der Waals surface area contributed by atoms with Crippen molar-refractivity contribution >= 4 is 0 Å². The summed E-state index contributed by atoms with van der Waals surface area (Å²) >= 11 is 0. The molecule has 0 radical (unpaired) electrons. The summed E-state index contributed by atoms with van der Waals surface area (Å²) in [6.07, 6.45) is 5.26. The number of benzene rings is 1. The van der Waals surface area contributed by atoms with Crippen molar-refractivity contribution in [2.75, 3.05) is 13.1 Å². The van der Waals surface area contributed by atoms with Gasteiger partial charge in [0.05, 0.1) is 6.20 Å². The average Bonchev–Trinajstić information content (AvgIpc) is 3.09. The van der Waals surface area contributed by atoms with Gasteiger partial charge in [0.1, 0.15) is 0 Å². The van der Waals surface area contributed by atoms with E-state index in [1.54, 1.807) is 0 Å². The second-order valence-electron chi connectivity index (χ2n) is 6.04. The van der Waals surface area contributed by atoms with Gasteiger partial charge in [0.15, 0.2) is 0 Å². The SMILES string of the molecule is CC(NC1CCN(Cc2ccccc2)C1)c1cnn(C)c1. The third kappa shape index (κ3) is 3.71. The fourth-order valence-corrected chi connectivity index (χ4v) is 3.07. The van der Waals surface area contributed by atoms with Gasteiger partial charge >= 0.3 is 0 Å². The molecule has 2 unspecified atom stereocenters. The van der Waals surface area contributed by atoms with Crippen LogP contribution in [0.1, 0.15) is 30.5 Å². The fraction of sp³-hybridized carbons (Fsp3) is 0.471. The number of aryl methyl sites for hydroxylation is 1. The molecule has 2 heterocycles. The monoisotopic (exact) mass is 284 g/mol. The molecule has 2 atom stereocenters. The second kappa shape index (κ2) is 6.41. The first-order valence-electron chi connectivity index (χ1n) is 7.71. The second-order valence-corrected chi connectivity index (χ2v) is 6.04. The molecule has 0 amide bonds. The Morgan fingerprint density at radius 3 is 2.86 bits per heavy atom. The molecule has 21 heavy (non-hydrogen) atoms. The highest BCUT2D eigenvalue weighted by molar-refractivity contribution is 5.15. The van der Waals surface area contributed by atoms with E-state index in [0.717, 1.165) is 13.1 Å². The highest BCUT2D eigenvalue weighted by Crippen LogP contribution is 2.18. The molecule has 3 rings (SSSR count). The first-order chi connectivity index (χ1) is 10.2. The highest BCUT2D eigenvalue weighted by Gasteiger charge is 2.24. The number of hydrogen-bond acceptors (Lipinski definition) is 3. The highest BCUT2D eigenvalue weighted by atomic mass is 15.2. The number of nitrogens with one attached hydrogen (secondary N) is 1. The van der Waals surface area contributed by atoms with Crippen LogP contribution >= 0.6 is 0 Å². The summed E-state index contributed by atoms with van der Waals surface area (Å²) in [6, 6.07) is 11.7. The Hall–Kier alpha value is -1.65. The van der Waals surface area contributed by atoms with Gasteiger partial charge < -0.3 is 5.32 Å². The quantitative estimate of drug-likeness (QED) is 0.915. The number of rotatable bonds is 5. The van der Waals surface area contributed by atoms with E-state index in [4.69, 9.17) is 0 Å². The van der Waals surface area contributed by atoms with E-state index < -0.39 is 0 Å². The minimum absolute atomic E-state index is 0.361. The fourth-order valence-electron chi connectivity index (χ4n) is 3.07. The van der Waals surface area contributed by atoms with Gasteiger partial charge in [-0.15, -0.1) is 0 Å². The van der Waals surface area contributed by atoms with E-state index in [1.807, 2.05) is 17.9 Å². The van der Waals surface area contributed by atoms with Crippen molar-refractivity contribution in [2.45, 2.75) is 32.0 Å². The normalized spacial score (nSPS) is 20.8. The number of aromatic nitrogens is 2. The zero-order valence-corrected chi connectivity index (χ0v) is 12.9. The van der Waals surface area contributed by atoms with E-state index in [2.05, 4.69) is 58.8 Å². The zero-order valence-electron chi connectivity index (χ0n) is 12.9. The number of hydrogen-bond donors (Lipinski definition) is 1. The Morgan fingerprint density at radius 1 is 1.33 bits per heavy atom. The predicted octanol–water partition coefficient (Wildman–Crippen LogP) is 2.35. The van der Waals surface area contributed by atoms with Gasteiger partial charge in [-0.05, 0) is 18.9 Å². The number of nitrogens with zero attached hydrogens (tertiary/aromatic N) is 3. The lowest BCUT2D eigenvalue weighted by molar-refractivity contribution is 0.316. The molecule has 0 bridgehead atoms. The Labute approximate surface area is 126 Å². The molecule has 1 saturated heterocycles. The molecule has 0 aliphatic carbocycles. The first kappa shape index (κ1) is 14.3. The summed E-state index contributed by atoms with van der Waals surface area (Å²) in [6.45, 7) is 5.57. The van der Waals surface area contributed by atoms with Gasteiger partial charge in [0.25, 0.3) is 0 Å². The molecular formula is C17H24N4. The zero-order chi connectivity index (χ0) is 14.7. The molecule has 1 aliphatic heterocycles. The van der Waals surface area contributed by atoms with Crippen molar-refractivity contribution < 1.29 is 0 Å². The lowest BCUT2D eigenvalue weighted by atomic mass is 10.1. The molecule has 1 aromatic carbocycles. The van der Waals surface area contributed by atoms with Crippen molar-refractivity contribution in [3.63, 3.8) is 0 Å². The minimum atomic E-state index is 0.361. The Kier molecular flexibility index (Phi) is 4.36. The Bertz CT molecular complexity index is 563. The molecule has 1 aliphatic rings. The van der Waals surface area contributed by atoms with Crippen LogP contribution in [0.3, 0.4) is 0 Å². The largest absolute Gasteiger partial charge is 0.306 e. The van der Waals surface area contributed by atoms with Crippen molar-refractivity contribution in [1.82, 2.24) is 20.0 Å². The van der Waals surface area contributed by atoms with Gasteiger partial charge in [-0.3, -0.25) is 9.58 Å². The lowest BCUT2D eigenvalue weighted by Gasteiger charge is -2.20.